The lowest BCUT2D eigenvalue weighted by Gasteiger charge is -2.29. The van der Waals surface area contributed by atoms with E-state index in [0.29, 0.717) is 21.5 Å². The van der Waals surface area contributed by atoms with Crippen LogP contribution in [-0.2, 0) is 13.6 Å². The average molecular weight is 427 g/mol. The molecule has 0 fully saturated rings. The van der Waals surface area contributed by atoms with Crippen molar-refractivity contribution in [2.45, 2.75) is 39.0 Å². The molecule has 5 nitrogen and oxygen atoms in total. The van der Waals surface area contributed by atoms with E-state index in [2.05, 4.69) is 15.3 Å². The number of alkyl halides is 3. The average Bonchev–Trinajstić information content (AvgIpc) is 2.98. The van der Waals surface area contributed by atoms with E-state index in [1.54, 1.807) is 12.3 Å². The minimum Gasteiger partial charge on any atom is -0.481 e. The maximum Gasteiger partial charge on any atom is 0.406 e. The van der Waals surface area contributed by atoms with Crippen molar-refractivity contribution in [3.8, 4) is 17.1 Å². The quantitative estimate of drug-likeness (QED) is 0.621. The van der Waals surface area contributed by atoms with Crippen LogP contribution in [0.3, 0.4) is 0 Å². The maximum atomic E-state index is 13.2. The van der Waals surface area contributed by atoms with Gasteiger partial charge in [0.25, 0.3) is 0 Å². The summed E-state index contributed by atoms with van der Waals surface area (Å²) in [4.78, 5) is 8.73. The highest BCUT2D eigenvalue weighted by atomic mass is 35.5. The zero-order valence-electron chi connectivity index (χ0n) is 16.8. The molecule has 0 radical (unpaired) electrons. The molecule has 0 aliphatic heterocycles. The first kappa shape index (κ1) is 21.4. The Morgan fingerprint density at radius 3 is 2.48 bits per heavy atom. The van der Waals surface area contributed by atoms with E-state index in [1.165, 1.54) is 7.11 Å². The predicted octanol–water partition coefficient (Wildman–Crippen LogP) is 5.04. The number of hydrogen-bond acceptors (Lipinski definition) is 4. The third kappa shape index (κ3) is 3.91. The number of ether oxygens (including phenoxy) is 1. The van der Waals surface area contributed by atoms with Gasteiger partial charge in [-0.05, 0) is 32.9 Å². The standard InChI is InChI=1S/C20H22ClF3N4O/c1-11-25-10-16(28(11)4)12-6-7-15-13(8-12)17(21)14(18(27-15)29-5)9-26-19(2,3)20(22,23)24/h6-8,10,26H,9H2,1-5H3. The van der Waals surface area contributed by atoms with Crippen molar-refractivity contribution in [1.82, 2.24) is 19.9 Å². The number of nitrogens with one attached hydrogen (secondary N) is 1. The molecule has 3 rings (SSSR count). The fraction of sp³-hybridized carbons (Fsp3) is 0.400. The van der Waals surface area contributed by atoms with E-state index in [0.717, 1.165) is 30.9 Å². The molecule has 0 bridgehead atoms. The molecule has 0 unspecified atom stereocenters. The lowest BCUT2D eigenvalue weighted by atomic mass is 10.0. The van der Waals surface area contributed by atoms with Gasteiger partial charge in [-0.3, -0.25) is 5.32 Å². The van der Waals surface area contributed by atoms with Crippen LogP contribution in [0, 0.1) is 6.92 Å². The highest BCUT2D eigenvalue weighted by molar-refractivity contribution is 6.36. The number of fused-ring (bicyclic) bond motifs is 1. The number of hydrogen-bond donors (Lipinski definition) is 1. The van der Waals surface area contributed by atoms with Gasteiger partial charge in [-0.25, -0.2) is 9.97 Å². The van der Waals surface area contributed by atoms with Gasteiger partial charge in [0.05, 0.1) is 29.5 Å². The number of halogens is 4. The second-order valence-corrected chi connectivity index (χ2v) is 7.75. The molecule has 0 atom stereocenters. The molecular weight excluding hydrogens is 405 g/mol. The number of nitrogens with zero attached hydrogens (tertiary/aromatic N) is 3. The van der Waals surface area contributed by atoms with E-state index in [-0.39, 0.29) is 12.4 Å². The summed E-state index contributed by atoms with van der Waals surface area (Å²) in [6.45, 7) is 3.90. The molecule has 2 heterocycles. The highest BCUT2D eigenvalue weighted by Crippen LogP contribution is 2.36. The first-order valence-electron chi connectivity index (χ1n) is 8.93. The number of benzene rings is 1. The van der Waals surface area contributed by atoms with Gasteiger partial charge in [0.1, 0.15) is 11.4 Å². The lowest BCUT2D eigenvalue weighted by molar-refractivity contribution is -0.186. The minimum absolute atomic E-state index is 0.146. The van der Waals surface area contributed by atoms with Gasteiger partial charge in [-0.1, -0.05) is 17.7 Å². The van der Waals surface area contributed by atoms with Crippen molar-refractivity contribution in [3.05, 3.63) is 40.8 Å². The van der Waals surface area contributed by atoms with E-state index in [1.807, 2.05) is 30.7 Å². The Balaban J connectivity index is 2.07. The maximum absolute atomic E-state index is 13.2. The fourth-order valence-electron chi connectivity index (χ4n) is 2.90. The molecule has 0 saturated carbocycles. The largest absolute Gasteiger partial charge is 0.481 e. The summed E-state index contributed by atoms with van der Waals surface area (Å²) in [5.41, 5.74) is 0.647. The van der Waals surface area contributed by atoms with E-state index in [4.69, 9.17) is 16.3 Å². The second-order valence-electron chi connectivity index (χ2n) is 7.37. The third-order valence-corrected chi connectivity index (χ3v) is 5.54. The fourth-order valence-corrected chi connectivity index (χ4v) is 3.20. The van der Waals surface area contributed by atoms with Gasteiger partial charge < -0.3 is 9.30 Å². The Labute approximate surface area is 171 Å². The van der Waals surface area contributed by atoms with Crippen LogP contribution >= 0.6 is 11.6 Å². The minimum atomic E-state index is -4.42. The van der Waals surface area contributed by atoms with Gasteiger partial charge in [0.2, 0.25) is 5.88 Å². The van der Waals surface area contributed by atoms with Crippen molar-refractivity contribution in [2.24, 2.45) is 7.05 Å². The Bertz CT molecular complexity index is 1060. The van der Waals surface area contributed by atoms with Gasteiger partial charge in [0, 0.05) is 30.1 Å². The Hall–Kier alpha value is -2.32. The van der Waals surface area contributed by atoms with E-state index < -0.39 is 11.7 Å². The smallest absolute Gasteiger partial charge is 0.406 e. The molecule has 1 N–H and O–H groups in total. The summed E-state index contributed by atoms with van der Waals surface area (Å²) in [6, 6.07) is 5.56. The molecule has 0 amide bonds. The number of methoxy groups -OCH3 is 1. The van der Waals surface area contributed by atoms with Gasteiger partial charge in [-0.2, -0.15) is 13.2 Å². The van der Waals surface area contributed by atoms with Crippen LogP contribution in [0.1, 0.15) is 25.2 Å². The van der Waals surface area contributed by atoms with Gasteiger partial charge >= 0.3 is 6.18 Å². The number of aryl methyl sites for hydroxylation is 1. The topological polar surface area (TPSA) is 52.0 Å². The van der Waals surface area contributed by atoms with E-state index in [9.17, 15) is 13.2 Å². The number of pyridine rings is 1. The Morgan fingerprint density at radius 2 is 1.93 bits per heavy atom. The molecular formula is C20H22ClF3N4O. The molecule has 156 valence electrons. The summed E-state index contributed by atoms with van der Waals surface area (Å²) in [7, 11) is 3.32. The first-order chi connectivity index (χ1) is 13.5. The van der Waals surface area contributed by atoms with E-state index >= 15 is 0 Å². The van der Waals surface area contributed by atoms with Crippen LogP contribution in [0.4, 0.5) is 13.2 Å². The normalized spacial score (nSPS) is 12.6. The predicted molar refractivity (Wildman–Crippen MR) is 107 cm³/mol. The van der Waals surface area contributed by atoms with Crippen molar-refractivity contribution < 1.29 is 17.9 Å². The molecule has 1 aromatic carbocycles. The van der Waals surface area contributed by atoms with Crippen LogP contribution in [0.25, 0.3) is 22.2 Å². The third-order valence-electron chi connectivity index (χ3n) is 5.10. The summed E-state index contributed by atoms with van der Waals surface area (Å²) < 4.78 is 46.8. The molecule has 0 spiro atoms. The number of rotatable bonds is 5. The van der Waals surface area contributed by atoms with Crippen LogP contribution in [0.5, 0.6) is 5.88 Å². The van der Waals surface area contributed by atoms with Crippen molar-refractivity contribution in [1.29, 1.82) is 0 Å². The lowest BCUT2D eigenvalue weighted by Crippen LogP contribution is -2.51. The molecule has 3 aromatic rings. The monoisotopic (exact) mass is 426 g/mol. The molecule has 0 aliphatic carbocycles. The summed E-state index contributed by atoms with van der Waals surface area (Å²) in [6.07, 6.45) is -2.66. The van der Waals surface area contributed by atoms with Gasteiger partial charge in [0.15, 0.2) is 0 Å². The van der Waals surface area contributed by atoms with Crippen LogP contribution < -0.4 is 10.1 Å². The van der Waals surface area contributed by atoms with Crippen molar-refractivity contribution in [3.63, 3.8) is 0 Å². The molecule has 29 heavy (non-hydrogen) atoms. The zero-order chi connectivity index (χ0) is 21.6. The Morgan fingerprint density at radius 1 is 1.24 bits per heavy atom. The summed E-state index contributed by atoms with van der Waals surface area (Å²) in [5.74, 6) is 1.05. The van der Waals surface area contributed by atoms with Crippen LogP contribution in [-0.4, -0.2) is 33.4 Å². The highest BCUT2D eigenvalue weighted by Gasteiger charge is 2.47. The number of aromatic nitrogens is 3. The molecule has 0 aliphatic rings. The van der Waals surface area contributed by atoms with Crippen molar-refractivity contribution >= 4 is 22.5 Å². The first-order valence-corrected chi connectivity index (χ1v) is 9.30. The summed E-state index contributed by atoms with van der Waals surface area (Å²) in [5, 5.41) is 3.44. The SMILES string of the molecule is COc1nc2ccc(-c3cnc(C)n3C)cc2c(Cl)c1CNC(C)(C)C(F)(F)F. The summed E-state index contributed by atoms with van der Waals surface area (Å²) >= 11 is 6.61. The molecule has 2 aromatic heterocycles. The number of imidazole rings is 1. The molecule has 9 heteroatoms. The second kappa shape index (κ2) is 7.50. The van der Waals surface area contributed by atoms with Gasteiger partial charge in [-0.15, -0.1) is 0 Å². The van der Waals surface area contributed by atoms with Crippen LogP contribution in [0.2, 0.25) is 5.02 Å². The zero-order valence-corrected chi connectivity index (χ0v) is 17.5. The van der Waals surface area contributed by atoms with Crippen LogP contribution in [0.15, 0.2) is 24.4 Å². The Kier molecular flexibility index (Phi) is 5.53. The molecule has 0 saturated heterocycles. The van der Waals surface area contributed by atoms with Crippen molar-refractivity contribution in [2.75, 3.05) is 7.11 Å².